The molecular weight excluding hydrogens is 300 g/mol. The molecule has 1 aliphatic rings. The molecular formula is C19H26N4O. The van der Waals surface area contributed by atoms with Crippen molar-refractivity contribution in [2.75, 3.05) is 18.4 Å². The summed E-state index contributed by atoms with van der Waals surface area (Å²) in [6.07, 6.45) is 4.75. The average Bonchev–Trinajstić information content (AvgIpc) is 3.06. The highest BCUT2D eigenvalue weighted by Crippen LogP contribution is 2.24. The maximum Gasteiger partial charge on any atom is 0.253 e. The first-order chi connectivity index (χ1) is 11.5. The summed E-state index contributed by atoms with van der Waals surface area (Å²) in [6, 6.07) is 5.90. The number of likely N-dealkylation sites (tertiary alicyclic amines) is 1. The van der Waals surface area contributed by atoms with Gasteiger partial charge in [0.1, 0.15) is 5.82 Å². The van der Waals surface area contributed by atoms with Gasteiger partial charge in [0.25, 0.3) is 5.91 Å². The number of carbonyl (C=O) groups is 1. The van der Waals surface area contributed by atoms with E-state index in [1.54, 1.807) is 6.20 Å². The highest BCUT2D eigenvalue weighted by atomic mass is 16.2. The summed E-state index contributed by atoms with van der Waals surface area (Å²) in [6.45, 7) is 8.81. The number of anilines is 1. The molecule has 0 spiro atoms. The van der Waals surface area contributed by atoms with Crippen LogP contribution in [-0.4, -0.2) is 33.9 Å². The largest absolute Gasteiger partial charge is 0.378 e. The number of nitrogens with zero attached hydrogens (tertiary/aromatic N) is 2. The molecule has 1 amide bonds. The molecule has 1 aromatic carbocycles. The third kappa shape index (κ3) is 3.78. The Kier molecular flexibility index (Phi) is 4.88. The first-order valence-corrected chi connectivity index (χ1v) is 8.65. The molecule has 1 aromatic heterocycles. The van der Waals surface area contributed by atoms with Gasteiger partial charge in [0.15, 0.2) is 0 Å². The van der Waals surface area contributed by atoms with E-state index < -0.39 is 0 Å². The van der Waals surface area contributed by atoms with Crippen LogP contribution in [0.4, 0.5) is 5.69 Å². The van der Waals surface area contributed by atoms with Gasteiger partial charge in [-0.05, 0) is 42.9 Å². The molecule has 0 saturated carbocycles. The fraction of sp³-hybridized carbons (Fsp3) is 0.474. The van der Waals surface area contributed by atoms with Crippen LogP contribution in [0.15, 0.2) is 30.6 Å². The fourth-order valence-electron chi connectivity index (χ4n) is 3.53. The van der Waals surface area contributed by atoms with Crippen LogP contribution in [0.5, 0.6) is 0 Å². The molecule has 1 saturated heterocycles. The number of aryl methyl sites for hydroxylation is 1. The zero-order valence-corrected chi connectivity index (χ0v) is 14.7. The Hall–Kier alpha value is -2.30. The van der Waals surface area contributed by atoms with Gasteiger partial charge in [0.2, 0.25) is 0 Å². The number of aromatic amines is 1. The summed E-state index contributed by atoms with van der Waals surface area (Å²) < 4.78 is 0. The maximum atomic E-state index is 12.9. The van der Waals surface area contributed by atoms with Crippen molar-refractivity contribution in [1.29, 1.82) is 0 Å². The summed E-state index contributed by atoms with van der Waals surface area (Å²) in [5.41, 5.74) is 2.86. The van der Waals surface area contributed by atoms with Gasteiger partial charge in [-0.2, -0.15) is 0 Å². The number of carbonyl (C=O) groups excluding carboxylic acids is 1. The number of hydrogen-bond acceptors (Lipinski definition) is 3. The molecule has 2 N–H and O–H groups in total. The molecule has 5 heteroatoms. The number of nitrogens with one attached hydrogen (secondary N) is 2. The first kappa shape index (κ1) is 16.6. The SMILES string of the molecule is Cc1ccc(C(=O)N2CC(C)CC(C)C2)cc1NCc1ncc[nH]1. The number of H-pyrrole nitrogens is 1. The van der Waals surface area contributed by atoms with Crippen LogP contribution in [0.1, 0.15) is 42.0 Å². The normalized spacial score (nSPS) is 20.9. The van der Waals surface area contributed by atoms with Crippen LogP contribution >= 0.6 is 0 Å². The average molecular weight is 326 g/mol. The fourth-order valence-corrected chi connectivity index (χ4v) is 3.53. The molecule has 0 aliphatic carbocycles. The minimum atomic E-state index is 0.134. The van der Waals surface area contributed by atoms with Crippen molar-refractivity contribution in [2.45, 2.75) is 33.7 Å². The van der Waals surface area contributed by atoms with Crippen LogP contribution < -0.4 is 5.32 Å². The highest BCUT2D eigenvalue weighted by Gasteiger charge is 2.26. The Labute approximate surface area is 143 Å². The molecule has 2 unspecified atom stereocenters. The molecule has 0 bridgehead atoms. The molecule has 2 heterocycles. The van der Waals surface area contributed by atoms with Crippen molar-refractivity contribution in [2.24, 2.45) is 11.8 Å². The minimum Gasteiger partial charge on any atom is -0.378 e. The summed E-state index contributed by atoms with van der Waals surface area (Å²) in [5, 5.41) is 3.37. The molecule has 2 aromatic rings. The highest BCUT2D eigenvalue weighted by molar-refractivity contribution is 5.95. The van der Waals surface area contributed by atoms with E-state index in [-0.39, 0.29) is 5.91 Å². The van der Waals surface area contributed by atoms with E-state index in [9.17, 15) is 4.79 Å². The van der Waals surface area contributed by atoms with E-state index in [4.69, 9.17) is 0 Å². The van der Waals surface area contributed by atoms with Gasteiger partial charge in [-0.1, -0.05) is 19.9 Å². The lowest BCUT2D eigenvalue weighted by atomic mass is 9.91. The molecule has 1 fully saturated rings. The summed E-state index contributed by atoms with van der Waals surface area (Å²) in [7, 11) is 0. The number of benzene rings is 1. The van der Waals surface area contributed by atoms with Crippen molar-refractivity contribution >= 4 is 11.6 Å². The molecule has 1 aliphatic heterocycles. The predicted octanol–water partition coefficient (Wildman–Crippen LogP) is 3.45. The number of amides is 1. The summed E-state index contributed by atoms with van der Waals surface area (Å²) in [4.78, 5) is 22.2. The van der Waals surface area contributed by atoms with Gasteiger partial charge in [-0.3, -0.25) is 4.79 Å². The van der Waals surface area contributed by atoms with E-state index in [0.717, 1.165) is 35.7 Å². The standard InChI is InChI=1S/C19H26N4O/c1-13-8-14(2)12-23(11-13)19(24)16-5-4-15(3)17(9-16)22-10-18-20-6-7-21-18/h4-7,9,13-14,22H,8,10-12H2,1-3H3,(H,20,21). The topological polar surface area (TPSA) is 61.0 Å². The zero-order chi connectivity index (χ0) is 17.1. The van der Waals surface area contributed by atoms with E-state index in [0.29, 0.717) is 18.4 Å². The predicted molar refractivity (Wildman–Crippen MR) is 95.9 cm³/mol. The lowest BCUT2D eigenvalue weighted by molar-refractivity contribution is 0.0623. The van der Waals surface area contributed by atoms with Gasteiger partial charge in [-0.15, -0.1) is 0 Å². The van der Waals surface area contributed by atoms with E-state index in [1.807, 2.05) is 36.2 Å². The number of aromatic nitrogens is 2. The van der Waals surface area contributed by atoms with Gasteiger partial charge in [0.05, 0.1) is 6.54 Å². The molecule has 3 rings (SSSR count). The van der Waals surface area contributed by atoms with E-state index >= 15 is 0 Å². The van der Waals surface area contributed by atoms with Crippen LogP contribution in [0.3, 0.4) is 0 Å². The lowest BCUT2D eigenvalue weighted by Gasteiger charge is -2.35. The molecule has 0 radical (unpaired) electrons. The third-order valence-electron chi connectivity index (χ3n) is 4.64. The number of piperidine rings is 1. The Bertz CT molecular complexity index is 685. The van der Waals surface area contributed by atoms with Gasteiger partial charge < -0.3 is 15.2 Å². The van der Waals surface area contributed by atoms with E-state index in [2.05, 4.69) is 29.1 Å². The van der Waals surface area contributed by atoms with Crippen molar-refractivity contribution in [3.8, 4) is 0 Å². The Morgan fingerprint density at radius 1 is 1.33 bits per heavy atom. The van der Waals surface area contributed by atoms with Crippen molar-refractivity contribution in [3.05, 3.63) is 47.5 Å². The summed E-state index contributed by atoms with van der Waals surface area (Å²) >= 11 is 0. The van der Waals surface area contributed by atoms with Crippen molar-refractivity contribution in [1.82, 2.24) is 14.9 Å². The number of rotatable bonds is 4. The van der Waals surface area contributed by atoms with Crippen LogP contribution in [0, 0.1) is 18.8 Å². The van der Waals surface area contributed by atoms with Gasteiger partial charge in [0, 0.05) is 36.7 Å². The smallest absolute Gasteiger partial charge is 0.253 e. The number of imidazole rings is 1. The molecule has 5 nitrogen and oxygen atoms in total. The third-order valence-corrected chi connectivity index (χ3v) is 4.64. The molecule has 2 atom stereocenters. The van der Waals surface area contributed by atoms with Crippen LogP contribution in [-0.2, 0) is 6.54 Å². The second kappa shape index (κ2) is 7.07. The minimum absolute atomic E-state index is 0.134. The van der Waals surface area contributed by atoms with Crippen molar-refractivity contribution < 1.29 is 4.79 Å². The quantitative estimate of drug-likeness (QED) is 0.904. The maximum absolute atomic E-state index is 12.9. The van der Waals surface area contributed by atoms with Crippen molar-refractivity contribution in [3.63, 3.8) is 0 Å². The lowest BCUT2D eigenvalue weighted by Crippen LogP contribution is -2.42. The Morgan fingerprint density at radius 2 is 2.08 bits per heavy atom. The van der Waals surface area contributed by atoms with Crippen LogP contribution in [0.25, 0.3) is 0 Å². The first-order valence-electron chi connectivity index (χ1n) is 8.65. The van der Waals surface area contributed by atoms with Gasteiger partial charge in [-0.25, -0.2) is 4.98 Å². The second-order valence-electron chi connectivity index (χ2n) is 7.08. The Morgan fingerprint density at radius 3 is 2.75 bits per heavy atom. The van der Waals surface area contributed by atoms with Crippen LogP contribution in [0.2, 0.25) is 0 Å². The van der Waals surface area contributed by atoms with E-state index in [1.165, 1.54) is 6.42 Å². The van der Waals surface area contributed by atoms with Gasteiger partial charge >= 0.3 is 0 Å². The summed E-state index contributed by atoms with van der Waals surface area (Å²) in [5.74, 6) is 2.15. The number of hydrogen-bond donors (Lipinski definition) is 2. The second-order valence-corrected chi connectivity index (χ2v) is 7.08. The molecule has 128 valence electrons. The Balaban J connectivity index is 1.73. The molecule has 24 heavy (non-hydrogen) atoms. The monoisotopic (exact) mass is 326 g/mol. The zero-order valence-electron chi connectivity index (χ0n) is 14.7.